The van der Waals surface area contributed by atoms with Crippen molar-refractivity contribution in [1.29, 1.82) is 0 Å². The van der Waals surface area contributed by atoms with E-state index in [9.17, 15) is 0 Å². The van der Waals surface area contributed by atoms with E-state index in [4.69, 9.17) is 9.47 Å². The van der Waals surface area contributed by atoms with Gasteiger partial charge in [0.25, 0.3) is 0 Å². The van der Waals surface area contributed by atoms with Crippen molar-refractivity contribution in [2.24, 2.45) is 4.99 Å². The first kappa shape index (κ1) is 21.3. The summed E-state index contributed by atoms with van der Waals surface area (Å²) < 4.78 is 11.2. The van der Waals surface area contributed by atoms with Gasteiger partial charge < -0.3 is 20.1 Å². The first-order valence-electron chi connectivity index (χ1n) is 8.58. The second kappa shape index (κ2) is 12.6. The van der Waals surface area contributed by atoms with Crippen molar-refractivity contribution in [2.75, 3.05) is 39.2 Å². The summed E-state index contributed by atoms with van der Waals surface area (Å²) in [6.07, 6.45) is 8.59. The Balaban J connectivity index is 0.00000264. The number of nitrogens with zero attached hydrogens (tertiary/aromatic N) is 1. The van der Waals surface area contributed by atoms with Crippen LogP contribution >= 0.6 is 35.7 Å². The second-order valence-electron chi connectivity index (χ2n) is 5.98. The van der Waals surface area contributed by atoms with Crippen LogP contribution in [0.4, 0.5) is 0 Å². The van der Waals surface area contributed by atoms with Gasteiger partial charge in [-0.25, -0.2) is 0 Å². The Morgan fingerprint density at radius 3 is 2.87 bits per heavy atom. The van der Waals surface area contributed by atoms with Gasteiger partial charge >= 0.3 is 0 Å². The van der Waals surface area contributed by atoms with E-state index >= 15 is 0 Å². The van der Waals surface area contributed by atoms with E-state index in [1.165, 1.54) is 25.7 Å². The molecule has 1 aliphatic carbocycles. The van der Waals surface area contributed by atoms with Gasteiger partial charge in [-0.1, -0.05) is 0 Å². The van der Waals surface area contributed by atoms with E-state index in [1.54, 1.807) is 0 Å². The smallest absolute Gasteiger partial charge is 0.191 e. The molecule has 2 N–H and O–H groups in total. The molecule has 3 unspecified atom stereocenters. The van der Waals surface area contributed by atoms with Gasteiger partial charge in [0, 0.05) is 24.4 Å². The van der Waals surface area contributed by atoms with Crippen LogP contribution in [0, 0.1) is 0 Å². The van der Waals surface area contributed by atoms with Gasteiger partial charge in [-0.3, -0.25) is 4.99 Å². The largest absolute Gasteiger partial charge is 0.377 e. The van der Waals surface area contributed by atoms with Gasteiger partial charge in [-0.05, 0) is 45.3 Å². The van der Waals surface area contributed by atoms with Crippen molar-refractivity contribution >= 4 is 41.7 Å². The summed E-state index contributed by atoms with van der Waals surface area (Å²) in [7, 11) is 0. The number of nitrogens with one attached hydrogen (secondary N) is 2. The number of ether oxygens (including phenoxy) is 2. The first-order chi connectivity index (χ1) is 10.8. The minimum atomic E-state index is 0. The van der Waals surface area contributed by atoms with Crippen LogP contribution in [0.3, 0.4) is 0 Å². The molecule has 0 aromatic carbocycles. The number of guanidine groups is 1. The monoisotopic (exact) mass is 457 g/mol. The van der Waals surface area contributed by atoms with Crippen molar-refractivity contribution < 1.29 is 9.47 Å². The summed E-state index contributed by atoms with van der Waals surface area (Å²) in [5.74, 6) is 0.926. The third kappa shape index (κ3) is 8.27. The van der Waals surface area contributed by atoms with Crippen LogP contribution in [0.15, 0.2) is 4.99 Å². The summed E-state index contributed by atoms with van der Waals surface area (Å²) in [5.41, 5.74) is 0. The van der Waals surface area contributed by atoms with Crippen molar-refractivity contribution in [1.82, 2.24) is 10.6 Å². The molecule has 2 fully saturated rings. The number of hydrogen-bond donors (Lipinski definition) is 2. The summed E-state index contributed by atoms with van der Waals surface area (Å²) in [4.78, 5) is 4.61. The van der Waals surface area contributed by atoms with Gasteiger partial charge in [0.15, 0.2) is 5.96 Å². The minimum Gasteiger partial charge on any atom is -0.377 e. The molecule has 0 aromatic heterocycles. The molecular weight excluding hydrogens is 425 g/mol. The molecule has 5 nitrogen and oxygen atoms in total. The van der Waals surface area contributed by atoms with Gasteiger partial charge in [-0.15, -0.1) is 24.0 Å². The van der Waals surface area contributed by atoms with Crippen LogP contribution in [0.1, 0.15) is 39.0 Å². The molecule has 23 heavy (non-hydrogen) atoms. The summed E-state index contributed by atoms with van der Waals surface area (Å²) in [5, 5.41) is 7.69. The topological polar surface area (TPSA) is 54.9 Å². The third-order valence-electron chi connectivity index (χ3n) is 4.24. The number of halogens is 1. The zero-order chi connectivity index (χ0) is 15.6. The molecule has 1 heterocycles. The maximum absolute atomic E-state index is 5.66. The predicted molar refractivity (Wildman–Crippen MR) is 109 cm³/mol. The highest BCUT2D eigenvalue weighted by molar-refractivity contribution is 14.0. The van der Waals surface area contributed by atoms with Gasteiger partial charge in [0.2, 0.25) is 0 Å². The van der Waals surface area contributed by atoms with Crippen molar-refractivity contribution in [3.05, 3.63) is 0 Å². The van der Waals surface area contributed by atoms with Crippen LogP contribution < -0.4 is 10.6 Å². The molecule has 136 valence electrons. The molecule has 7 heteroatoms. The summed E-state index contributed by atoms with van der Waals surface area (Å²) >= 11 is 1.98. The third-order valence-corrected chi connectivity index (χ3v) is 5.33. The van der Waals surface area contributed by atoms with Gasteiger partial charge in [-0.2, -0.15) is 11.8 Å². The minimum absolute atomic E-state index is 0. The highest BCUT2D eigenvalue weighted by Gasteiger charge is 2.24. The molecule has 0 spiro atoms. The standard InChI is InChI=1S/C16H31N3O2S.HI/c1-3-17-16(19-13-6-7-15(11-13)22-2)18-8-10-20-12-14-5-4-9-21-14;/h13-15H,3-12H2,1-2H3,(H2,17,18,19);1H. The fraction of sp³-hybridized carbons (Fsp3) is 0.938. The fourth-order valence-corrected chi connectivity index (χ4v) is 3.81. The second-order valence-corrected chi connectivity index (χ2v) is 7.12. The van der Waals surface area contributed by atoms with Crippen molar-refractivity contribution in [3.8, 4) is 0 Å². The highest BCUT2D eigenvalue weighted by Crippen LogP contribution is 2.27. The maximum Gasteiger partial charge on any atom is 0.191 e. The Bertz CT molecular complexity index is 341. The normalized spacial score (nSPS) is 27.7. The number of hydrogen-bond acceptors (Lipinski definition) is 4. The molecule has 1 saturated carbocycles. The number of thioether (sulfide) groups is 1. The Kier molecular flexibility index (Phi) is 11.7. The Morgan fingerprint density at radius 2 is 2.22 bits per heavy atom. The van der Waals surface area contributed by atoms with Crippen molar-refractivity contribution in [2.45, 2.75) is 56.4 Å². The van der Waals surface area contributed by atoms with Crippen LogP contribution in [0.5, 0.6) is 0 Å². The van der Waals surface area contributed by atoms with E-state index < -0.39 is 0 Å². The lowest BCUT2D eigenvalue weighted by Gasteiger charge is -2.17. The van der Waals surface area contributed by atoms with Crippen molar-refractivity contribution in [3.63, 3.8) is 0 Å². The highest BCUT2D eigenvalue weighted by atomic mass is 127. The van der Waals surface area contributed by atoms with Gasteiger partial charge in [0.1, 0.15) is 0 Å². The number of aliphatic imine (C=N–C) groups is 1. The molecule has 0 radical (unpaired) electrons. The molecule has 0 aromatic rings. The van der Waals surface area contributed by atoms with E-state index in [2.05, 4.69) is 28.8 Å². The SMILES string of the molecule is CCNC(=NCCOCC1CCCO1)NC1CCC(SC)C1.I. The van der Waals surface area contributed by atoms with Crippen LogP contribution in [-0.4, -0.2) is 62.5 Å². The van der Waals surface area contributed by atoms with Gasteiger partial charge in [0.05, 0.1) is 25.9 Å². The lowest BCUT2D eigenvalue weighted by molar-refractivity contribution is 0.0200. The molecule has 3 atom stereocenters. The lowest BCUT2D eigenvalue weighted by atomic mass is 10.2. The molecular formula is C16H32IN3O2S. The average Bonchev–Trinajstić information content (AvgIpc) is 3.18. The van der Waals surface area contributed by atoms with E-state index in [-0.39, 0.29) is 24.0 Å². The molecule has 1 saturated heterocycles. The zero-order valence-corrected chi connectivity index (χ0v) is 17.5. The van der Waals surface area contributed by atoms with Crippen LogP contribution in [-0.2, 0) is 9.47 Å². The summed E-state index contributed by atoms with van der Waals surface area (Å²) in [6, 6.07) is 0.558. The van der Waals surface area contributed by atoms with Crippen LogP contribution in [0.2, 0.25) is 0 Å². The van der Waals surface area contributed by atoms with E-state index in [0.29, 0.717) is 31.9 Å². The molecule has 1 aliphatic heterocycles. The maximum atomic E-state index is 5.66. The predicted octanol–water partition coefficient (Wildman–Crippen LogP) is 2.64. The Labute approximate surface area is 162 Å². The zero-order valence-electron chi connectivity index (χ0n) is 14.4. The lowest BCUT2D eigenvalue weighted by Crippen LogP contribution is -2.42. The number of rotatable bonds is 8. The van der Waals surface area contributed by atoms with Crippen LogP contribution in [0.25, 0.3) is 0 Å². The Hall–Kier alpha value is 0.270. The fourth-order valence-electron chi connectivity index (χ4n) is 3.01. The first-order valence-corrected chi connectivity index (χ1v) is 9.87. The Morgan fingerprint density at radius 1 is 1.35 bits per heavy atom. The molecule has 0 bridgehead atoms. The average molecular weight is 457 g/mol. The summed E-state index contributed by atoms with van der Waals surface area (Å²) in [6.45, 7) is 5.94. The molecule has 0 amide bonds. The van der Waals surface area contributed by atoms with E-state index in [0.717, 1.165) is 30.8 Å². The quantitative estimate of drug-likeness (QED) is 0.254. The molecule has 2 rings (SSSR count). The molecule has 2 aliphatic rings. The van der Waals surface area contributed by atoms with E-state index in [1.807, 2.05) is 11.8 Å².